The zero-order chi connectivity index (χ0) is 25.4. The molecule has 0 unspecified atom stereocenters. The minimum Gasteiger partial charge on any atom is -0.382 e. The summed E-state index contributed by atoms with van der Waals surface area (Å²) in [7, 11) is 0. The molecule has 0 saturated heterocycles. The zero-order valence-corrected chi connectivity index (χ0v) is 17.9. The van der Waals surface area contributed by atoms with Gasteiger partial charge in [-0.05, 0) is 25.1 Å². The fourth-order valence-corrected chi connectivity index (χ4v) is 3.61. The number of nitriles is 1. The summed E-state index contributed by atoms with van der Waals surface area (Å²) in [6.07, 6.45) is -2.95. The molecule has 2 aromatic heterocycles. The van der Waals surface area contributed by atoms with Crippen LogP contribution >= 0.6 is 0 Å². The van der Waals surface area contributed by atoms with E-state index in [0.29, 0.717) is 6.07 Å². The number of hydrogen-bond donors (Lipinski definition) is 3. The maximum absolute atomic E-state index is 14.0. The molecule has 0 fully saturated rings. The van der Waals surface area contributed by atoms with Crippen LogP contribution in [0.1, 0.15) is 36.3 Å². The number of aromatic nitrogens is 4. The number of hydrogen-bond acceptors (Lipinski definition) is 8. The number of fused-ring (bicyclic) bond motifs is 1. The molecule has 2 aromatic carbocycles. The predicted octanol–water partition coefficient (Wildman–Crippen LogP) is 3.60. The Balaban J connectivity index is 2.01. The van der Waals surface area contributed by atoms with E-state index in [2.05, 4.69) is 20.3 Å². The highest BCUT2D eigenvalue weighted by atomic mass is 19.3. The van der Waals surface area contributed by atoms with Crippen molar-refractivity contribution in [3.8, 4) is 11.8 Å². The van der Waals surface area contributed by atoms with E-state index >= 15 is 0 Å². The minimum absolute atomic E-state index is 0.113. The molecule has 2 heterocycles. The second kappa shape index (κ2) is 8.90. The summed E-state index contributed by atoms with van der Waals surface area (Å²) in [6, 6.07) is 6.86. The number of nitrogen functional groups attached to an aromatic ring is 2. The van der Waals surface area contributed by atoms with Crippen molar-refractivity contribution in [3.63, 3.8) is 0 Å². The Labute approximate surface area is 194 Å². The Kier molecular flexibility index (Phi) is 5.96. The molecule has 9 nitrogen and oxygen atoms in total. The van der Waals surface area contributed by atoms with Crippen LogP contribution in [-0.4, -0.2) is 19.5 Å². The number of nitrogens with zero attached hydrogens (tertiary/aromatic N) is 5. The number of anilines is 3. The van der Waals surface area contributed by atoms with Gasteiger partial charge in [0.1, 0.15) is 34.9 Å². The Morgan fingerprint density at radius 3 is 2.40 bits per heavy atom. The molecule has 5 N–H and O–H groups in total. The van der Waals surface area contributed by atoms with E-state index in [4.69, 9.17) is 11.5 Å². The average molecular weight is 484 g/mol. The summed E-state index contributed by atoms with van der Waals surface area (Å²) < 4.78 is 56.3. The van der Waals surface area contributed by atoms with Crippen LogP contribution < -0.4 is 22.3 Å². The molecule has 0 saturated carbocycles. The normalized spacial score (nSPS) is 12.0. The number of para-hydroxylation sites is 1. The topological polar surface area (TPSA) is 149 Å². The van der Waals surface area contributed by atoms with Gasteiger partial charge in [0.05, 0.1) is 22.6 Å². The third-order valence-electron chi connectivity index (χ3n) is 5.10. The first-order chi connectivity index (χ1) is 16.6. The number of nitrogens with two attached hydrogens (primary N) is 2. The highest BCUT2D eigenvalue weighted by molar-refractivity contribution is 5.82. The predicted molar refractivity (Wildman–Crippen MR) is 120 cm³/mol. The van der Waals surface area contributed by atoms with E-state index in [1.807, 2.05) is 6.07 Å². The summed E-state index contributed by atoms with van der Waals surface area (Å²) in [6.45, 7) is 1.47. The molecule has 13 heteroatoms. The first-order valence-corrected chi connectivity index (χ1v) is 10.0. The number of benzene rings is 2. The lowest BCUT2D eigenvalue weighted by molar-refractivity contribution is 0.153. The van der Waals surface area contributed by atoms with Gasteiger partial charge in [-0.25, -0.2) is 22.5 Å². The lowest BCUT2D eigenvalue weighted by Crippen LogP contribution is -2.28. The summed E-state index contributed by atoms with van der Waals surface area (Å²) in [5.41, 5.74) is 9.32. The first kappa shape index (κ1) is 23.4. The van der Waals surface area contributed by atoms with E-state index in [0.717, 1.165) is 22.8 Å². The van der Waals surface area contributed by atoms with Gasteiger partial charge in [0.15, 0.2) is 5.82 Å². The summed E-state index contributed by atoms with van der Waals surface area (Å²) in [5.74, 6) is -2.72. The van der Waals surface area contributed by atoms with Crippen LogP contribution in [0.3, 0.4) is 0 Å². The molecule has 0 amide bonds. The average Bonchev–Trinajstić information content (AvgIpc) is 2.77. The van der Waals surface area contributed by atoms with E-state index in [1.165, 1.54) is 19.1 Å². The van der Waals surface area contributed by atoms with Crippen molar-refractivity contribution < 1.29 is 17.6 Å². The summed E-state index contributed by atoms with van der Waals surface area (Å²) in [4.78, 5) is 25.3. The number of halogens is 4. The molecule has 0 aliphatic carbocycles. The van der Waals surface area contributed by atoms with Crippen molar-refractivity contribution in [2.75, 3.05) is 16.8 Å². The quantitative estimate of drug-likeness (QED) is 0.364. The van der Waals surface area contributed by atoms with Gasteiger partial charge in [-0.1, -0.05) is 12.1 Å². The van der Waals surface area contributed by atoms with Crippen molar-refractivity contribution in [2.24, 2.45) is 0 Å². The maximum Gasteiger partial charge on any atom is 0.266 e. The molecule has 0 bridgehead atoms. The number of rotatable bonds is 5. The Morgan fingerprint density at radius 1 is 1.09 bits per heavy atom. The van der Waals surface area contributed by atoms with Gasteiger partial charge in [-0.15, -0.1) is 0 Å². The maximum atomic E-state index is 14.0. The highest BCUT2D eigenvalue weighted by Gasteiger charge is 2.24. The lowest BCUT2D eigenvalue weighted by atomic mass is 10.1. The van der Waals surface area contributed by atoms with Gasteiger partial charge in [-0.3, -0.25) is 9.36 Å². The lowest BCUT2D eigenvalue weighted by Gasteiger charge is -2.21. The second-order valence-electron chi connectivity index (χ2n) is 7.45. The SMILES string of the molecule is C[C@H](Nc1nc(N)nc(N)c1C#N)c1nc2c(C(F)F)cccc2c(=O)n1-c1cc(F)cc(F)c1. The van der Waals surface area contributed by atoms with Crippen molar-refractivity contribution in [1.29, 1.82) is 5.26 Å². The largest absolute Gasteiger partial charge is 0.382 e. The van der Waals surface area contributed by atoms with Crippen molar-refractivity contribution in [2.45, 2.75) is 19.4 Å². The van der Waals surface area contributed by atoms with E-state index in [9.17, 15) is 27.6 Å². The smallest absolute Gasteiger partial charge is 0.266 e. The molecule has 35 heavy (non-hydrogen) atoms. The van der Waals surface area contributed by atoms with Crippen LogP contribution in [0.2, 0.25) is 0 Å². The fourth-order valence-electron chi connectivity index (χ4n) is 3.61. The van der Waals surface area contributed by atoms with Crippen LogP contribution in [0.15, 0.2) is 41.2 Å². The van der Waals surface area contributed by atoms with Gasteiger partial charge in [-0.2, -0.15) is 15.2 Å². The molecule has 0 radical (unpaired) electrons. The second-order valence-corrected chi connectivity index (χ2v) is 7.45. The molecular weight excluding hydrogens is 468 g/mol. The minimum atomic E-state index is -2.95. The van der Waals surface area contributed by atoms with Crippen molar-refractivity contribution in [3.05, 3.63) is 75.3 Å². The van der Waals surface area contributed by atoms with Crippen LogP contribution in [-0.2, 0) is 0 Å². The highest BCUT2D eigenvalue weighted by Crippen LogP contribution is 2.29. The number of alkyl halides is 2. The third-order valence-corrected chi connectivity index (χ3v) is 5.10. The zero-order valence-electron chi connectivity index (χ0n) is 17.9. The molecular formula is C22H16F4N8O. The van der Waals surface area contributed by atoms with E-state index in [-0.39, 0.29) is 45.6 Å². The fraction of sp³-hybridized carbons (Fsp3) is 0.136. The Morgan fingerprint density at radius 2 is 1.77 bits per heavy atom. The van der Waals surface area contributed by atoms with Crippen molar-refractivity contribution in [1.82, 2.24) is 19.5 Å². The molecule has 0 spiro atoms. The Hall–Kier alpha value is -4.73. The van der Waals surface area contributed by atoms with Crippen molar-refractivity contribution >= 4 is 28.5 Å². The molecule has 0 aliphatic rings. The van der Waals surface area contributed by atoms with E-state index < -0.39 is 35.2 Å². The molecule has 4 aromatic rings. The molecule has 4 rings (SSSR count). The van der Waals surface area contributed by atoms with Gasteiger partial charge < -0.3 is 16.8 Å². The summed E-state index contributed by atoms with van der Waals surface area (Å²) in [5, 5.41) is 12.0. The first-order valence-electron chi connectivity index (χ1n) is 10.0. The monoisotopic (exact) mass is 484 g/mol. The van der Waals surface area contributed by atoms with Crippen LogP contribution in [0.5, 0.6) is 0 Å². The van der Waals surface area contributed by atoms with Gasteiger partial charge in [0, 0.05) is 11.6 Å². The third kappa shape index (κ3) is 4.29. The standard InChI is InChI=1S/C22H16F4N8O/c1-9(30-19-15(8-27)18(28)32-22(29)33-19)20-31-16-13(17(25)26)3-2-4-14(16)21(35)34(20)12-6-10(23)5-11(24)7-12/h2-7,9,17H,1H3,(H5,28,29,30,32,33)/t9-/m0/s1. The molecule has 0 aliphatic heterocycles. The van der Waals surface area contributed by atoms with Crippen LogP contribution in [0.4, 0.5) is 35.1 Å². The van der Waals surface area contributed by atoms with E-state index in [1.54, 1.807) is 0 Å². The molecule has 178 valence electrons. The number of nitrogens with one attached hydrogen (secondary N) is 1. The van der Waals surface area contributed by atoms with Gasteiger partial charge in [0.2, 0.25) is 5.95 Å². The molecule has 1 atom stereocenters. The van der Waals surface area contributed by atoms with Gasteiger partial charge in [0.25, 0.3) is 12.0 Å². The van der Waals surface area contributed by atoms with Crippen LogP contribution in [0.25, 0.3) is 16.6 Å². The van der Waals surface area contributed by atoms with Gasteiger partial charge >= 0.3 is 0 Å². The van der Waals surface area contributed by atoms with Crippen LogP contribution in [0, 0.1) is 23.0 Å². The summed E-state index contributed by atoms with van der Waals surface area (Å²) >= 11 is 0. The Bertz CT molecular complexity index is 1540.